The molecule has 1 N–H and O–H groups in total. The molecule has 0 spiro atoms. The summed E-state index contributed by atoms with van der Waals surface area (Å²) < 4.78 is 1.99. The molecule has 4 rings (SSSR count). The third-order valence-corrected chi connectivity index (χ3v) is 5.65. The van der Waals surface area contributed by atoms with Gasteiger partial charge in [-0.2, -0.15) is 0 Å². The number of benzene rings is 2. The van der Waals surface area contributed by atoms with Gasteiger partial charge in [-0.15, -0.1) is 21.5 Å². The molecule has 0 bridgehead atoms. The van der Waals surface area contributed by atoms with Crippen LogP contribution in [0.4, 0.5) is 5.69 Å². The molecule has 0 unspecified atom stereocenters. The van der Waals surface area contributed by atoms with Crippen molar-refractivity contribution in [1.82, 2.24) is 14.6 Å². The molecule has 0 aliphatic heterocycles. The summed E-state index contributed by atoms with van der Waals surface area (Å²) in [6.07, 6.45) is 0. The molecule has 0 aliphatic carbocycles. The van der Waals surface area contributed by atoms with E-state index in [4.69, 9.17) is 11.6 Å². The predicted molar refractivity (Wildman–Crippen MR) is 107 cm³/mol. The summed E-state index contributed by atoms with van der Waals surface area (Å²) in [5, 5.41) is 14.7. The zero-order valence-electron chi connectivity index (χ0n) is 13.4. The number of amides is 1. The summed E-state index contributed by atoms with van der Waals surface area (Å²) in [6.45, 7) is 0. The standard InChI is InChI=1S/C18H13ClN4OS2/c19-13-6-8-14(9-7-13)20-16(24)11-26-18-22-21-17-23(18)15(10-25-17)12-4-2-1-3-5-12/h1-10H,11H2,(H,20,24). The van der Waals surface area contributed by atoms with Crippen molar-refractivity contribution in [2.45, 2.75) is 5.16 Å². The maximum Gasteiger partial charge on any atom is 0.234 e. The van der Waals surface area contributed by atoms with Crippen molar-refractivity contribution >= 4 is 51.3 Å². The minimum Gasteiger partial charge on any atom is -0.325 e. The number of nitrogens with zero attached hydrogens (tertiary/aromatic N) is 3. The quantitative estimate of drug-likeness (QED) is 0.487. The maximum absolute atomic E-state index is 12.2. The van der Waals surface area contributed by atoms with E-state index >= 15 is 0 Å². The number of thiazole rings is 1. The lowest BCUT2D eigenvalue weighted by Gasteiger charge is -2.05. The molecule has 130 valence electrons. The van der Waals surface area contributed by atoms with Crippen LogP contribution in [0.1, 0.15) is 0 Å². The number of nitrogens with one attached hydrogen (secondary N) is 1. The van der Waals surface area contributed by atoms with Gasteiger partial charge >= 0.3 is 0 Å². The topological polar surface area (TPSA) is 59.3 Å². The number of rotatable bonds is 5. The summed E-state index contributed by atoms with van der Waals surface area (Å²) in [4.78, 5) is 13.0. The van der Waals surface area contributed by atoms with Gasteiger partial charge in [-0.1, -0.05) is 53.7 Å². The van der Waals surface area contributed by atoms with E-state index in [0.29, 0.717) is 15.9 Å². The van der Waals surface area contributed by atoms with Crippen molar-refractivity contribution in [3.8, 4) is 11.3 Å². The highest BCUT2D eigenvalue weighted by atomic mass is 35.5. The normalized spacial score (nSPS) is 11.0. The highest BCUT2D eigenvalue weighted by Crippen LogP contribution is 2.29. The first-order valence-electron chi connectivity index (χ1n) is 7.77. The summed E-state index contributed by atoms with van der Waals surface area (Å²) in [6, 6.07) is 17.1. The SMILES string of the molecule is O=C(CSc1nnc2scc(-c3ccccc3)n12)Nc1ccc(Cl)cc1. The molecule has 2 aromatic carbocycles. The summed E-state index contributed by atoms with van der Waals surface area (Å²) in [5.41, 5.74) is 2.83. The Hall–Kier alpha value is -2.35. The van der Waals surface area contributed by atoms with E-state index in [2.05, 4.69) is 20.9 Å². The predicted octanol–water partition coefficient (Wildman–Crippen LogP) is 4.84. The minimum atomic E-state index is -0.106. The molecule has 4 aromatic rings. The first kappa shape index (κ1) is 17.1. The smallest absolute Gasteiger partial charge is 0.234 e. The number of hydrogen-bond acceptors (Lipinski definition) is 5. The fourth-order valence-electron chi connectivity index (χ4n) is 2.46. The number of halogens is 1. The molecule has 0 saturated heterocycles. The highest BCUT2D eigenvalue weighted by molar-refractivity contribution is 7.99. The molecule has 5 nitrogen and oxygen atoms in total. The lowest BCUT2D eigenvalue weighted by Crippen LogP contribution is -2.14. The molecule has 0 radical (unpaired) electrons. The van der Waals surface area contributed by atoms with Crippen molar-refractivity contribution in [1.29, 1.82) is 0 Å². The summed E-state index contributed by atoms with van der Waals surface area (Å²) in [7, 11) is 0. The lowest BCUT2D eigenvalue weighted by atomic mass is 10.2. The fourth-order valence-corrected chi connectivity index (χ4v) is 4.23. The summed E-state index contributed by atoms with van der Waals surface area (Å²) in [5.74, 6) is 0.138. The number of hydrogen-bond donors (Lipinski definition) is 1. The van der Waals surface area contributed by atoms with E-state index in [1.54, 1.807) is 24.3 Å². The Morgan fingerprint density at radius 1 is 1.12 bits per heavy atom. The number of carbonyl (C=O) groups excluding carboxylic acids is 1. The number of anilines is 1. The van der Waals surface area contributed by atoms with Gasteiger partial charge in [0.15, 0.2) is 5.16 Å². The number of aromatic nitrogens is 3. The van der Waals surface area contributed by atoms with Gasteiger partial charge in [-0.05, 0) is 29.8 Å². The number of carbonyl (C=O) groups is 1. The maximum atomic E-state index is 12.2. The molecular weight excluding hydrogens is 388 g/mol. The third kappa shape index (κ3) is 3.60. The first-order valence-corrected chi connectivity index (χ1v) is 10.0. The van der Waals surface area contributed by atoms with Crippen LogP contribution in [-0.4, -0.2) is 26.3 Å². The van der Waals surface area contributed by atoms with Crippen LogP contribution in [0.25, 0.3) is 16.2 Å². The molecular formula is C18H13ClN4OS2. The molecule has 8 heteroatoms. The van der Waals surface area contributed by atoms with E-state index in [1.165, 1.54) is 23.1 Å². The first-order chi connectivity index (χ1) is 12.7. The summed E-state index contributed by atoms with van der Waals surface area (Å²) >= 11 is 8.74. The van der Waals surface area contributed by atoms with Crippen LogP contribution in [0.5, 0.6) is 0 Å². The van der Waals surface area contributed by atoms with E-state index in [-0.39, 0.29) is 11.7 Å². The average molecular weight is 401 g/mol. The molecule has 1 amide bonds. The molecule has 2 aromatic heterocycles. The molecule has 0 aliphatic rings. The highest BCUT2D eigenvalue weighted by Gasteiger charge is 2.15. The third-order valence-electron chi connectivity index (χ3n) is 3.65. The number of thioether (sulfide) groups is 1. The van der Waals surface area contributed by atoms with Gasteiger partial charge in [0.05, 0.1) is 11.4 Å². The largest absolute Gasteiger partial charge is 0.325 e. The van der Waals surface area contributed by atoms with Crippen LogP contribution in [0, 0.1) is 0 Å². The van der Waals surface area contributed by atoms with Gasteiger partial charge in [-0.3, -0.25) is 9.20 Å². The zero-order chi connectivity index (χ0) is 17.9. The second kappa shape index (κ2) is 7.49. The molecule has 26 heavy (non-hydrogen) atoms. The van der Waals surface area contributed by atoms with Crippen LogP contribution >= 0.6 is 34.7 Å². The Kier molecular flexibility index (Phi) is 4.92. The van der Waals surface area contributed by atoms with Gasteiger partial charge in [0.25, 0.3) is 0 Å². The Balaban J connectivity index is 1.50. The van der Waals surface area contributed by atoms with Gasteiger partial charge in [0.1, 0.15) is 0 Å². The van der Waals surface area contributed by atoms with Gasteiger partial charge in [-0.25, -0.2) is 0 Å². The van der Waals surface area contributed by atoms with Crippen molar-refractivity contribution in [2.75, 3.05) is 11.1 Å². The Morgan fingerprint density at radius 3 is 2.65 bits per heavy atom. The molecule has 2 heterocycles. The van der Waals surface area contributed by atoms with Crippen LogP contribution in [-0.2, 0) is 4.79 Å². The van der Waals surface area contributed by atoms with Crippen molar-refractivity contribution in [2.24, 2.45) is 0 Å². The van der Waals surface area contributed by atoms with E-state index in [1.807, 2.05) is 34.7 Å². The van der Waals surface area contributed by atoms with Crippen molar-refractivity contribution in [3.05, 3.63) is 65.0 Å². The van der Waals surface area contributed by atoms with Crippen LogP contribution < -0.4 is 5.32 Å². The van der Waals surface area contributed by atoms with Crippen molar-refractivity contribution in [3.63, 3.8) is 0 Å². The number of fused-ring (bicyclic) bond motifs is 1. The van der Waals surface area contributed by atoms with Gasteiger partial charge < -0.3 is 5.32 Å². The Morgan fingerprint density at radius 2 is 1.88 bits per heavy atom. The van der Waals surface area contributed by atoms with Crippen LogP contribution in [0.2, 0.25) is 5.02 Å². The molecule has 0 fully saturated rings. The molecule has 0 atom stereocenters. The van der Waals surface area contributed by atoms with E-state index in [0.717, 1.165) is 16.2 Å². The Labute approximate surface area is 163 Å². The second-order valence-corrected chi connectivity index (χ2v) is 7.65. The van der Waals surface area contributed by atoms with E-state index < -0.39 is 0 Å². The van der Waals surface area contributed by atoms with E-state index in [9.17, 15) is 4.79 Å². The van der Waals surface area contributed by atoms with Crippen LogP contribution in [0.15, 0.2) is 65.1 Å². The second-order valence-electron chi connectivity index (χ2n) is 5.43. The molecule has 0 saturated carbocycles. The lowest BCUT2D eigenvalue weighted by molar-refractivity contribution is -0.113. The minimum absolute atomic E-state index is 0.106. The zero-order valence-corrected chi connectivity index (χ0v) is 15.8. The monoisotopic (exact) mass is 400 g/mol. The fraction of sp³-hybridized carbons (Fsp3) is 0.0556. The van der Waals surface area contributed by atoms with Gasteiger partial charge in [0.2, 0.25) is 10.9 Å². The van der Waals surface area contributed by atoms with Crippen LogP contribution in [0.3, 0.4) is 0 Å². The van der Waals surface area contributed by atoms with Gasteiger partial charge in [0, 0.05) is 16.1 Å². The average Bonchev–Trinajstić information content (AvgIpc) is 3.25. The Bertz CT molecular complexity index is 1040. The van der Waals surface area contributed by atoms with Crippen molar-refractivity contribution < 1.29 is 4.79 Å².